The molecule has 162 valence electrons. The third-order valence-corrected chi connectivity index (χ3v) is 5.51. The Morgan fingerprint density at radius 3 is 2.57 bits per heavy atom. The SMILES string of the molecule is Cc1cccc(NC(=O)CN(C)CC(=O)NN2C(=O)NC3(CCC(C)CC3)C2=O)n1. The smallest absolute Gasteiger partial charge is 0.322 e. The van der Waals surface area contributed by atoms with Gasteiger partial charge >= 0.3 is 6.03 Å². The first-order chi connectivity index (χ1) is 14.2. The number of likely N-dealkylation sites (N-methyl/N-ethyl adjacent to an activating group) is 1. The van der Waals surface area contributed by atoms with Gasteiger partial charge in [-0.05, 0) is 57.7 Å². The number of hydrazine groups is 1. The Morgan fingerprint density at radius 2 is 1.90 bits per heavy atom. The molecule has 10 nitrogen and oxygen atoms in total. The van der Waals surface area contributed by atoms with Gasteiger partial charge in [-0.1, -0.05) is 13.0 Å². The number of anilines is 1. The largest absolute Gasteiger partial charge is 0.344 e. The number of rotatable bonds is 6. The zero-order valence-corrected chi connectivity index (χ0v) is 17.5. The number of carbonyl (C=O) groups is 4. The number of aromatic nitrogens is 1. The molecule has 1 aromatic heterocycles. The summed E-state index contributed by atoms with van der Waals surface area (Å²) in [5, 5.41) is 6.18. The van der Waals surface area contributed by atoms with Crippen molar-refractivity contribution in [1.82, 2.24) is 25.6 Å². The van der Waals surface area contributed by atoms with Gasteiger partial charge in [-0.2, -0.15) is 5.01 Å². The maximum Gasteiger partial charge on any atom is 0.344 e. The Bertz CT molecular complexity index is 849. The van der Waals surface area contributed by atoms with Crippen LogP contribution in [0, 0.1) is 12.8 Å². The van der Waals surface area contributed by atoms with Gasteiger partial charge in [-0.25, -0.2) is 9.78 Å². The molecule has 1 saturated heterocycles. The summed E-state index contributed by atoms with van der Waals surface area (Å²) in [6, 6.07) is 4.66. The van der Waals surface area contributed by atoms with Gasteiger partial charge in [0, 0.05) is 5.69 Å². The normalized spacial score (nSPS) is 23.6. The minimum absolute atomic E-state index is 0.0506. The highest BCUT2D eigenvalue weighted by atomic mass is 16.2. The molecule has 0 bridgehead atoms. The van der Waals surface area contributed by atoms with Gasteiger partial charge in [0.2, 0.25) is 5.91 Å². The number of aryl methyl sites for hydroxylation is 1. The maximum atomic E-state index is 12.8. The fourth-order valence-electron chi connectivity index (χ4n) is 3.82. The zero-order valence-electron chi connectivity index (χ0n) is 17.5. The summed E-state index contributed by atoms with van der Waals surface area (Å²) in [5.74, 6) is -0.348. The molecule has 2 heterocycles. The van der Waals surface area contributed by atoms with Crippen LogP contribution in [0.1, 0.15) is 38.3 Å². The van der Waals surface area contributed by atoms with E-state index in [2.05, 4.69) is 28.0 Å². The molecule has 1 aliphatic heterocycles. The summed E-state index contributed by atoms with van der Waals surface area (Å²) in [7, 11) is 1.60. The van der Waals surface area contributed by atoms with E-state index in [0.717, 1.165) is 23.5 Å². The van der Waals surface area contributed by atoms with Crippen molar-refractivity contribution in [1.29, 1.82) is 0 Å². The predicted octanol–water partition coefficient (Wildman–Crippen LogP) is 0.792. The first-order valence-corrected chi connectivity index (χ1v) is 10.1. The van der Waals surface area contributed by atoms with Crippen LogP contribution < -0.4 is 16.1 Å². The van der Waals surface area contributed by atoms with Crippen LogP contribution in [-0.4, -0.2) is 64.3 Å². The average Bonchev–Trinajstić information content (AvgIpc) is 2.88. The summed E-state index contributed by atoms with van der Waals surface area (Å²) in [6.07, 6.45) is 2.83. The Labute approximate surface area is 175 Å². The Morgan fingerprint density at radius 1 is 1.23 bits per heavy atom. The summed E-state index contributed by atoms with van der Waals surface area (Å²) in [5.41, 5.74) is 2.23. The second kappa shape index (κ2) is 8.78. The molecule has 3 N–H and O–H groups in total. The number of hydrogen-bond acceptors (Lipinski definition) is 6. The van der Waals surface area contributed by atoms with Crippen molar-refractivity contribution in [3.05, 3.63) is 23.9 Å². The van der Waals surface area contributed by atoms with Crippen LogP contribution in [0.15, 0.2) is 18.2 Å². The molecule has 2 fully saturated rings. The molecule has 1 saturated carbocycles. The number of imide groups is 1. The van der Waals surface area contributed by atoms with E-state index >= 15 is 0 Å². The number of nitrogens with one attached hydrogen (secondary N) is 3. The van der Waals surface area contributed by atoms with Crippen molar-refractivity contribution >= 4 is 29.6 Å². The number of hydrogen-bond donors (Lipinski definition) is 3. The average molecular weight is 416 g/mol. The van der Waals surface area contributed by atoms with Crippen LogP contribution in [0.25, 0.3) is 0 Å². The molecule has 1 aromatic rings. The van der Waals surface area contributed by atoms with Crippen molar-refractivity contribution in [3.63, 3.8) is 0 Å². The molecule has 0 atom stereocenters. The predicted molar refractivity (Wildman–Crippen MR) is 109 cm³/mol. The minimum Gasteiger partial charge on any atom is -0.322 e. The van der Waals surface area contributed by atoms with Gasteiger partial charge in [0.05, 0.1) is 13.1 Å². The minimum atomic E-state index is -0.913. The summed E-state index contributed by atoms with van der Waals surface area (Å²) < 4.78 is 0. The monoisotopic (exact) mass is 416 g/mol. The molecule has 1 spiro atoms. The van der Waals surface area contributed by atoms with E-state index in [1.54, 1.807) is 19.2 Å². The molecular formula is C20H28N6O4. The molecule has 0 unspecified atom stereocenters. The quantitative estimate of drug-likeness (QED) is 0.589. The number of amides is 5. The highest BCUT2D eigenvalue weighted by Crippen LogP contribution is 2.35. The third kappa shape index (κ3) is 4.93. The molecule has 1 aliphatic carbocycles. The van der Waals surface area contributed by atoms with Gasteiger partial charge in [0.1, 0.15) is 11.4 Å². The number of carbonyl (C=O) groups excluding carboxylic acids is 4. The van der Waals surface area contributed by atoms with Crippen LogP contribution >= 0.6 is 0 Å². The van der Waals surface area contributed by atoms with Crippen molar-refractivity contribution in [2.24, 2.45) is 5.92 Å². The maximum absolute atomic E-state index is 12.8. The standard InChI is InChI=1S/C20H28N6O4/c1-13-7-9-20(10-8-13)18(29)26(19(30)23-20)24-17(28)12-25(3)11-16(27)22-15-6-4-5-14(2)21-15/h4-6,13H,7-12H2,1-3H3,(H,23,30)(H,24,28)(H,21,22,27). The summed E-state index contributed by atoms with van der Waals surface area (Å²) >= 11 is 0. The summed E-state index contributed by atoms with van der Waals surface area (Å²) in [6.45, 7) is 3.73. The molecule has 5 amide bonds. The molecule has 0 aromatic carbocycles. The van der Waals surface area contributed by atoms with Crippen molar-refractivity contribution < 1.29 is 19.2 Å². The topological polar surface area (TPSA) is 124 Å². The van der Waals surface area contributed by atoms with Gasteiger partial charge in [0.25, 0.3) is 11.8 Å². The lowest BCUT2D eigenvalue weighted by Gasteiger charge is -2.33. The van der Waals surface area contributed by atoms with E-state index in [9.17, 15) is 19.2 Å². The molecule has 30 heavy (non-hydrogen) atoms. The van der Waals surface area contributed by atoms with E-state index in [-0.39, 0.29) is 19.0 Å². The van der Waals surface area contributed by atoms with Crippen molar-refractivity contribution in [2.75, 3.05) is 25.5 Å². The number of nitrogens with zero attached hydrogens (tertiary/aromatic N) is 3. The highest BCUT2D eigenvalue weighted by molar-refractivity contribution is 6.08. The van der Waals surface area contributed by atoms with Crippen LogP contribution in [0.5, 0.6) is 0 Å². The zero-order chi connectivity index (χ0) is 21.9. The fraction of sp³-hybridized carbons (Fsp3) is 0.550. The lowest BCUT2D eigenvalue weighted by molar-refractivity contribution is -0.140. The second-order valence-electron chi connectivity index (χ2n) is 8.25. The van der Waals surface area contributed by atoms with Crippen molar-refractivity contribution in [3.8, 4) is 0 Å². The second-order valence-corrected chi connectivity index (χ2v) is 8.25. The number of pyridine rings is 1. The first kappa shape index (κ1) is 21.7. The van der Waals surface area contributed by atoms with E-state index in [1.165, 1.54) is 4.90 Å². The molecule has 0 radical (unpaired) electrons. The third-order valence-electron chi connectivity index (χ3n) is 5.51. The molecule has 10 heteroatoms. The van der Waals surface area contributed by atoms with Gasteiger partial charge in [-0.15, -0.1) is 0 Å². The molecule has 3 rings (SSSR count). The van der Waals surface area contributed by atoms with Gasteiger partial charge in [0.15, 0.2) is 0 Å². The number of urea groups is 1. The van der Waals surface area contributed by atoms with Crippen LogP contribution in [-0.2, 0) is 14.4 Å². The lowest BCUT2D eigenvalue weighted by atomic mass is 9.77. The van der Waals surface area contributed by atoms with Gasteiger partial charge < -0.3 is 10.6 Å². The van der Waals surface area contributed by atoms with E-state index in [0.29, 0.717) is 24.6 Å². The molecular weight excluding hydrogens is 388 g/mol. The van der Waals surface area contributed by atoms with Crippen molar-refractivity contribution in [2.45, 2.75) is 45.1 Å². The Balaban J connectivity index is 1.49. The van der Waals surface area contributed by atoms with Crippen LogP contribution in [0.3, 0.4) is 0 Å². The van der Waals surface area contributed by atoms with Crippen LogP contribution in [0.2, 0.25) is 0 Å². The van der Waals surface area contributed by atoms with E-state index in [1.807, 2.05) is 13.0 Å². The lowest BCUT2D eigenvalue weighted by Crippen LogP contribution is -2.52. The Kier molecular flexibility index (Phi) is 6.35. The Hall–Kier alpha value is -3.01. The highest BCUT2D eigenvalue weighted by Gasteiger charge is 2.52. The fourth-order valence-corrected chi connectivity index (χ4v) is 3.82. The van der Waals surface area contributed by atoms with Crippen LogP contribution in [0.4, 0.5) is 10.6 Å². The first-order valence-electron chi connectivity index (χ1n) is 10.1. The van der Waals surface area contributed by atoms with E-state index in [4.69, 9.17) is 0 Å². The van der Waals surface area contributed by atoms with E-state index < -0.39 is 23.4 Å². The van der Waals surface area contributed by atoms with Gasteiger partial charge in [-0.3, -0.25) is 24.7 Å². The summed E-state index contributed by atoms with van der Waals surface area (Å²) in [4.78, 5) is 55.2. The molecule has 2 aliphatic rings.